The largest absolute Gasteiger partial charge is 0.381 e. The molecule has 0 bridgehead atoms. The molecule has 108 valence electrons. The van der Waals surface area contributed by atoms with Crippen LogP contribution < -0.4 is 5.14 Å². The molecule has 0 spiro atoms. The van der Waals surface area contributed by atoms with Gasteiger partial charge in [0.25, 0.3) is 0 Å². The number of primary sulfonamides is 1. The van der Waals surface area contributed by atoms with E-state index in [1.807, 2.05) is 22.8 Å². The van der Waals surface area contributed by atoms with Gasteiger partial charge in [-0.25, -0.2) is 13.6 Å². The first-order chi connectivity index (χ1) is 9.55. The van der Waals surface area contributed by atoms with E-state index in [0.29, 0.717) is 11.3 Å². The number of sulfonamides is 1. The predicted octanol–water partition coefficient (Wildman–Crippen LogP) is 1.72. The van der Waals surface area contributed by atoms with E-state index in [0.717, 1.165) is 38.1 Å². The van der Waals surface area contributed by atoms with Gasteiger partial charge in [0.15, 0.2) is 0 Å². The molecule has 1 aliphatic rings. The van der Waals surface area contributed by atoms with Crippen LogP contribution in [0.2, 0.25) is 0 Å². The molecular formula is C14H18N2O3S. The second kappa shape index (κ2) is 5.20. The Labute approximate surface area is 118 Å². The number of aromatic nitrogens is 1. The van der Waals surface area contributed by atoms with Gasteiger partial charge in [-0.15, -0.1) is 0 Å². The quantitative estimate of drug-likeness (QED) is 0.936. The number of hydrogen-bond acceptors (Lipinski definition) is 3. The Balaban J connectivity index is 2.02. The molecule has 2 aromatic rings. The highest BCUT2D eigenvalue weighted by atomic mass is 32.2. The standard InChI is InChI=1S/C14H18N2O3S/c15-20(17,18)14-10-16(9-11-5-7-19-8-6-11)13-4-2-1-3-12(13)14/h1-4,10-11H,5-9H2,(H2,15,17,18). The minimum atomic E-state index is -3.69. The van der Waals surface area contributed by atoms with E-state index in [1.165, 1.54) is 0 Å². The molecule has 1 saturated heterocycles. The van der Waals surface area contributed by atoms with Crippen LogP contribution in [0.1, 0.15) is 12.8 Å². The summed E-state index contributed by atoms with van der Waals surface area (Å²) in [6.07, 6.45) is 3.68. The van der Waals surface area contributed by atoms with E-state index in [2.05, 4.69) is 0 Å². The third-order valence-corrected chi connectivity index (χ3v) is 4.79. The average Bonchev–Trinajstić information content (AvgIpc) is 2.79. The van der Waals surface area contributed by atoms with Crippen molar-refractivity contribution in [1.82, 2.24) is 4.57 Å². The molecule has 3 rings (SSSR count). The molecule has 0 amide bonds. The first kappa shape index (κ1) is 13.6. The Morgan fingerprint density at radius 2 is 1.95 bits per heavy atom. The van der Waals surface area contributed by atoms with Gasteiger partial charge in [-0.2, -0.15) is 0 Å². The van der Waals surface area contributed by atoms with Crippen molar-refractivity contribution in [3.63, 3.8) is 0 Å². The van der Waals surface area contributed by atoms with Gasteiger partial charge in [-0.05, 0) is 24.8 Å². The van der Waals surface area contributed by atoms with Crippen molar-refractivity contribution in [3.8, 4) is 0 Å². The second-order valence-corrected chi connectivity index (χ2v) is 6.79. The van der Waals surface area contributed by atoms with Crippen LogP contribution in [-0.2, 0) is 21.3 Å². The van der Waals surface area contributed by atoms with E-state index in [-0.39, 0.29) is 4.90 Å². The molecule has 0 unspecified atom stereocenters. The Morgan fingerprint density at radius 3 is 2.65 bits per heavy atom. The van der Waals surface area contributed by atoms with Crippen molar-refractivity contribution in [2.45, 2.75) is 24.3 Å². The first-order valence-corrected chi connectivity index (χ1v) is 8.29. The molecule has 6 heteroatoms. The molecule has 1 aromatic heterocycles. The lowest BCUT2D eigenvalue weighted by Gasteiger charge is -2.22. The van der Waals surface area contributed by atoms with Crippen LogP contribution in [0, 0.1) is 5.92 Å². The zero-order chi connectivity index (χ0) is 14.2. The van der Waals surface area contributed by atoms with Crippen LogP contribution in [0.4, 0.5) is 0 Å². The zero-order valence-corrected chi connectivity index (χ0v) is 12.0. The lowest BCUT2D eigenvalue weighted by molar-refractivity contribution is 0.0616. The number of ether oxygens (including phenoxy) is 1. The van der Waals surface area contributed by atoms with Crippen molar-refractivity contribution in [1.29, 1.82) is 0 Å². The van der Waals surface area contributed by atoms with E-state index in [9.17, 15) is 8.42 Å². The molecule has 20 heavy (non-hydrogen) atoms. The molecule has 1 aromatic carbocycles. The number of para-hydroxylation sites is 1. The van der Waals surface area contributed by atoms with E-state index < -0.39 is 10.0 Å². The van der Waals surface area contributed by atoms with Crippen LogP contribution in [-0.4, -0.2) is 26.2 Å². The molecule has 5 nitrogen and oxygen atoms in total. The first-order valence-electron chi connectivity index (χ1n) is 6.74. The maximum atomic E-state index is 11.7. The van der Waals surface area contributed by atoms with Crippen LogP contribution >= 0.6 is 0 Å². The highest BCUT2D eigenvalue weighted by Crippen LogP contribution is 2.27. The second-order valence-electron chi connectivity index (χ2n) is 5.26. The fourth-order valence-corrected chi connectivity index (χ4v) is 3.55. The van der Waals surface area contributed by atoms with Gasteiger partial charge in [-0.1, -0.05) is 18.2 Å². The Bertz CT molecular complexity index is 715. The zero-order valence-electron chi connectivity index (χ0n) is 11.2. The van der Waals surface area contributed by atoms with E-state index >= 15 is 0 Å². The summed E-state index contributed by atoms with van der Waals surface area (Å²) in [7, 11) is -3.69. The molecule has 2 heterocycles. The van der Waals surface area contributed by atoms with Crippen LogP contribution in [0.3, 0.4) is 0 Å². The summed E-state index contributed by atoms with van der Waals surface area (Å²) in [6.45, 7) is 2.37. The summed E-state index contributed by atoms with van der Waals surface area (Å²) in [5.41, 5.74) is 0.919. The Hall–Kier alpha value is -1.37. The third kappa shape index (κ3) is 2.59. The minimum absolute atomic E-state index is 0.208. The minimum Gasteiger partial charge on any atom is -0.381 e. The molecule has 2 N–H and O–H groups in total. The van der Waals surface area contributed by atoms with Gasteiger partial charge in [0.05, 0.1) is 0 Å². The van der Waals surface area contributed by atoms with Crippen LogP contribution in [0.5, 0.6) is 0 Å². The van der Waals surface area contributed by atoms with Crippen molar-refractivity contribution in [2.24, 2.45) is 11.1 Å². The number of nitrogens with zero attached hydrogens (tertiary/aromatic N) is 1. The predicted molar refractivity (Wildman–Crippen MR) is 76.9 cm³/mol. The molecule has 1 aliphatic heterocycles. The van der Waals surface area contributed by atoms with E-state index in [4.69, 9.17) is 9.88 Å². The van der Waals surface area contributed by atoms with Gasteiger partial charge in [0.2, 0.25) is 10.0 Å². The van der Waals surface area contributed by atoms with Crippen molar-refractivity contribution < 1.29 is 13.2 Å². The van der Waals surface area contributed by atoms with Crippen LogP contribution in [0.25, 0.3) is 10.9 Å². The monoisotopic (exact) mass is 294 g/mol. The summed E-state index contributed by atoms with van der Waals surface area (Å²) < 4.78 is 30.8. The topological polar surface area (TPSA) is 74.3 Å². The number of benzene rings is 1. The summed E-state index contributed by atoms with van der Waals surface area (Å²) in [5, 5.41) is 6.00. The van der Waals surface area contributed by atoms with Crippen molar-refractivity contribution in [3.05, 3.63) is 30.5 Å². The molecule has 0 saturated carbocycles. The summed E-state index contributed by atoms with van der Waals surface area (Å²) in [4.78, 5) is 0.208. The summed E-state index contributed by atoms with van der Waals surface area (Å²) in [5.74, 6) is 0.521. The Morgan fingerprint density at radius 1 is 1.25 bits per heavy atom. The maximum absolute atomic E-state index is 11.7. The van der Waals surface area contributed by atoms with Crippen molar-refractivity contribution >= 4 is 20.9 Å². The number of fused-ring (bicyclic) bond motifs is 1. The lowest BCUT2D eigenvalue weighted by atomic mass is 10.0. The molecule has 0 atom stereocenters. The third-order valence-electron chi connectivity index (χ3n) is 3.85. The number of rotatable bonds is 3. The van der Waals surface area contributed by atoms with Gasteiger partial charge >= 0.3 is 0 Å². The molecular weight excluding hydrogens is 276 g/mol. The van der Waals surface area contributed by atoms with Gasteiger partial charge in [0, 0.05) is 36.9 Å². The van der Waals surface area contributed by atoms with Crippen molar-refractivity contribution in [2.75, 3.05) is 13.2 Å². The Kier molecular flexibility index (Phi) is 3.54. The van der Waals surface area contributed by atoms with Gasteiger partial charge in [-0.3, -0.25) is 0 Å². The highest BCUT2D eigenvalue weighted by molar-refractivity contribution is 7.89. The highest BCUT2D eigenvalue weighted by Gasteiger charge is 2.20. The molecule has 0 aliphatic carbocycles. The SMILES string of the molecule is NS(=O)(=O)c1cn(CC2CCOCC2)c2ccccc12. The smallest absolute Gasteiger partial charge is 0.240 e. The summed E-state index contributed by atoms with van der Waals surface area (Å²) >= 11 is 0. The molecule has 1 fully saturated rings. The van der Waals surface area contributed by atoms with Crippen LogP contribution in [0.15, 0.2) is 35.4 Å². The summed E-state index contributed by atoms with van der Waals surface area (Å²) in [6, 6.07) is 7.48. The lowest BCUT2D eigenvalue weighted by Crippen LogP contribution is -2.20. The maximum Gasteiger partial charge on any atom is 0.240 e. The number of nitrogens with two attached hydrogens (primary N) is 1. The average molecular weight is 294 g/mol. The van der Waals surface area contributed by atoms with Gasteiger partial charge < -0.3 is 9.30 Å². The fourth-order valence-electron chi connectivity index (χ4n) is 2.80. The fraction of sp³-hybridized carbons (Fsp3) is 0.429. The number of hydrogen-bond donors (Lipinski definition) is 1. The van der Waals surface area contributed by atoms with E-state index in [1.54, 1.807) is 12.3 Å². The molecule has 0 radical (unpaired) electrons. The normalized spacial score (nSPS) is 17.6. The van der Waals surface area contributed by atoms with Gasteiger partial charge in [0.1, 0.15) is 4.90 Å².